The molecule has 0 saturated heterocycles. The van der Waals surface area contributed by atoms with Gasteiger partial charge in [0.15, 0.2) is 0 Å². The van der Waals surface area contributed by atoms with Gasteiger partial charge in [0.1, 0.15) is 0 Å². The normalized spacial score (nSPS) is 12.7. The second-order valence-corrected chi connectivity index (χ2v) is 6.56. The van der Waals surface area contributed by atoms with E-state index in [1.807, 2.05) is 31.2 Å². The molecule has 2 heterocycles. The molecule has 7 heteroatoms. The number of carbonyl (C=O) groups excluding carboxylic acids is 1. The molecule has 1 atom stereocenters. The summed E-state index contributed by atoms with van der Waals surface area (Å²) >= 11 is 5.09. The monoisotopic (exact) mass is 357 g/mol. The lowest BCUT2D eigenvalue weighted by Crippen LogP contribution is -2.38. The van der Waals surface area contributed by atoms with E-state index in [4.69, 9.17) is 4.52 Å². The average Bonchev–Trinajstić information content (AvgIpc) is 2.97. The number of amides is 1. The van der Waals surface area contributed by atoms with E-state index in [0.29, 0.717) is 5.88 Å². The molecule has 2 aromatic rings. The third-order valence-corrected chi connectivity index (χ3v) is 4.62. The van der Waals surface area contributed by atoms with Crippen molar-refractivity contribution in [1.82, 2.24) is 10.1 Å². The van der Waals surface area contributed by atoms with Gasteiger partial charge in [0.25, 0.3) is 0 Å². The zero-order valence-corrected chi connectivity index (χ0v) is 13.9. The van der Waals surface area contributed by atoms with Gasteiger partial charge in [0.05, 0.1) is 11.7 Å². The second-order valence-electron chi connectivity index (χ2n) is 4.64. The van der Waals surface area contributed by atoms with Crippen molar-refractivity contribution >= 4 is 39.1 Å². The fraction of sp³-hybridized carbons (Fsp3) is 0.385. The highest BCUT2D eigenvalue weighted by Gasteiger charge is 2.20. The molecule has 0 aliphatic rings. The molecule has 2 rings (SSSR count). The van der Waals surface area contributed by atoms with Crippen LogP contribution in [0.2, 0.25) is 0 Å². The Bertz CT molecular complexity index is 596. The lowest BCUT2D eigenvalue weighted by atomic mass is 10.2. The smallest absolute Gasteiger partial charge is 0.243 e. The van der Waals surface area contributed by atoms with Crippen molar-refractivity contribution in [3.05, 3.63) is 32.6 Å². The molecule has 5 nitrogen and oxygen atoms in total. The highest BCUT2D eigenvalue weighted by atomic mass is 79.9. The number of hydrogen-bond acceptors (Lipinski definition) is 5. The number of nitrogens with one attached hydrogen (secondary N) is 1. The summed E-state index contributed by atoms with van der Waals surface area (Å²) in [7, 11) is 1.92. The molecule has 108 valence electrons. The van der Waals surface area contributed by atoms with Gasteiger partial charge in [0.2, 0.25) is 11.8 Å². The summed E-state index contributed by atoms with van der Waals surface area (Å²) in [5, 5.41) is 8.49. The van der Waals surface area contributed by atoms with E-state index >= 15 is 0 Å². The first-order valence-corrected chi connectivity index (χ1v) is 7.80. The number of hydrogen-bond donors (Lipinski definition) is 1. The van der Waals surface area contributed by atoms with E-state index in [2.05, 4.69) is 32.5 Å². The summed E-state index contributed by atoms with van der Waals surface area (Å²) in [6.07, 6.45) is 0. The van der Waals surface area contributed by atoms with Gasteiger partial charge in [-0.3, -0.25) is 15.0 Å². The Kier molecular flexibility index (Phi) is 4.95. The molecule has 2 aromatic heterocycles. The Balaban J connectivity index is 1.92. The first-order valence-electron chi connectivity index (χ1n) is 6.13. The van der Waals surface area contributed by atoms with E-state index < -0.39 is 0 Å². The molecular weight excluding hydrogens is 342 g/mol. The van der Waals surface area contributed by atoms with Crippen LogP contribution in [0.15, 0.2) is 26.5 Å². The Morgan fingerprint density at radius 1 is 1.60 bits per heavy atom. The van der Waals surface area contributed by atoms with Crippen LogP contribution in [0.3, 0.4) is 0 Å². The highest BCUT2D eigenvalue weighted by molar-refractivity contribution is 9.10. The minimum atomic E-state index is -0.263. The lowest BCUT2D eigenvalue weighted by molar-refractivity contribution is -0.120. The fourth-order valence-electron chi connectivity index (χ4n) is 1.67. The quantitative estimate of drug-likeness (QED) is 0.891. The van der Waals surface area contributed by atoms with Gasteiger partial charge in [-0.15, -0.1) is 11.3 Å². The Hall–Kier alpha value is -1.18. The molecule has 0 saturated carbocycles. The van der Waals surface area contributed by atoms with Crippen LogP contribution in [0, 0.1) is 6.92 Å². The van der Waals surface area contributed by atoms with Crippen LogP contribution in [-0.4, -0.2) is 29.1 Å². The standard InChI is InChI=1S/C13H16BrN3O2S/c1-8-4-12(19-16-8)15-13(18)9(2)17(3)6-11-5-10(14)7-20-11/h4-5,7,9H,6H2,1-3H3,(H,15,18)/t9-/m0/s1. The number of aryl methyl sites for hydroxylation is 1. The zero-order chi connectivity index (χ0) is 14.7. The van der Waals surface area contributed by atoms with E-state index in [1.165, 1.54) is 4.88 Å². The number of nitrogens with zero attached hydrogens (tertiary/aromatic N) is 2. The number of thiophene rings is 1. The van der Waals surface area contributed by atoms with Crippen LogP contribution in [0.4, 0.5) is 5.88 Å². The number of likely N-dealkylation sites (N-methyl/N-ethyl adjacent to an activating group) is 1. The van der Waals surface area contributed by atoms with Crippen molar-refractivity contribution in [1.29, 1.82) is 0 Å². The maximum Gasteiger partial charge on any atom is 0.243 e. The first-order chi connectivity index (χ1) is 9.45. The molecule has 0 aromatic carbocycles. The third kappa shape index (κ3) is 3.91. The van der Waals surface area contributed by atoms with Gasteiger partial charge in [-0.25, -0.2) is 0 Å². The minimum Gasteiger partial charge on any atom is -0.338 e. The molecule has 0 spiro atoms. The fourth-order valence-corrected chi connectivity index (χ4v) is 3.18. The van der Waals surface area contributed by atoms with Gasteiger partial charge in [0, 0.05) is 27.3 Å². The molecule has 0 radical (unpaired) electrons. The van der Waals surface area contributed by atoms with E-state index in [-0.39, 0.29) is 11.9 Å². The van der Waals surface area contributed by atoms with Crippen molar-refractivity contribution in [3.8, 4) is 0 Å². The lowest BCUT2D eigenvalue weighted by Gasteiger charge is -2.22. The van der Waals surface area contributed by atoms with Crippen molar-refractivity contribution < 1.29 is 9.32 Å². The number of rotatable bonds is 5. The minimum absolute atomic E-state index is 0.112. The van der Waals surface area contributed by atoms with E-state index in [9.17, 15) is 4.79 Å². The van der Waals surface area contributed by atoms with Crippen molar-refractivity contribution in [2.24, 2.45) is 0 Å². The number of anilines is 1. The SMILES string of the molecule is Cc1cc(NC(=O)[C@H](C)N(C)Cc2cc(Br)cs2)on1. The van der Waals surface area contributed by atoms with E-state index in [0.717, 1.165) is 16.7 Å². The molecule has 0 aliphatic heterocycles. The first kappa shape index (κ1) is 15.2. The molecule has 1 N–H and O–H groups in total. The molecule has 0 aliphatic carbocycles. The molecule has 1 amide bonds. The second kappa shape index (κ2) is 6.51. The molecule has 0 fully saturated rings. The van der Waals surface area contributed by atoms with Gasteiger partial charge in [-0.2, -0.15) is 0 Å². The number of carbonyl (C=O) groups is 1. The molecule has 0 unspecified atom stereocenters. The predicted molar refractivity (Wildman–Crippen MR) is 82.8 cm³/mol. The van der Waals surface area contributed by atoms with Crippen LogP contribution >= 0.6 is 27.3 Å². The third-order valence-electron chi connectivity index (χ3n) is 2.94. The summed E-state index contributed by atoms with van der Waals surface area (Å²) < 4.78 is 6.05. The largest absolute Gasteiger partial charge is 0.338 e. The zero-order valence-electron chi connectivity index (χ0n) is 11.5. The summed E-state index contributed by atoms with van der Waals surface area (Å²) in [6.45, 7) is 4.39. The van der Waals surface area contributed by atoms with Gasteiger partial charge < -0.3 is 4.52 Å². The maximum absolute atomic E-state index is 12.1. The van der Waals surface area contributed by atoms with Gasteiger partial charge in [-0.05, 0) is 42.9 Å². The molecular formula is C13H16BrN3O2S. The summed E-state index contributed by atoms with van der Waals surface area (Å²) in [6, 6.07) is 3.49. The van der Waals surface area contributed by atoms with Crippen LogP contribution in [-0.2, 0) is 11.3 Å². The van der Waals surface area contributed by atoms with Gasteiger partial charge in [-0.1, -0.05) is 5.16 Å². The summed E-state index contributed by atoms with van der Waals surface area (Å²) in [5.74, 6) is 0.269. The molecule has 20 heavy (non-hydrogen) atoms. The number of halogens is 1. The van der Waals surface area contributed by atoms with Crippen LogP contribution in [0.1, 0.15) is 17.5 Å². The highest BCUT2D eigenvalue weighted by Crippen LogP contribution is 2.21. The summed E-state index contributed by atoms with van der Waals surface area (Å²) in [5.41, 5.74) is 0.741. The Labute approximate surface area is 130 Å². The molecule has 0 bridgehead atoms. The number of aromatic nitrogens is 1. The van der Waals surface area contributed by atoms with E-state index in [1.54, 1.807) is 17.4 Å². The van der Waals surface area contributed by atoms with Crippen molar-refractivity contribution in [2.75, 3.05) is 12.4 Å². The predicted octanol–water partition coefficient (Wildman–Crippen LogP) is 3.27. The Morgan fingerprint density at radius 3 is 2.90 bits per heavy atom. The Morgan fingerprint density at radius 2 is 2.35 bits per heavy atom. The van der Waals surface area contributed by atoms with Gasteiger partial charge >= 0.3 is 0 Å². The maximum atomic E-state index is 12.1. The van der Waals surface area contributed by atoms with Crippen molar-refractivity contribution in [2.45, 2.75) is 26.4 Å². The van der Waals surface area contributed by atoms with Crippen LogP contribution in [0.25, 0.3) is 0 Å². The average molecular weight is 358 g/mol. The van der Waals surface area contributed by atoms with Crippen molar-refractivity contribution in [3.63, 3.8) is 0 Å². The topological polar surface area (TPSA) is 58.4 Å². The van der Waals surface area contributed by atoms with Crippen LogP contribution in [0.5, 0.6) is 0 Å². The summed E-state index contributed by atoms with van der Waals surface area (Å²) in [4.78, 5) is 15.3. The van der Waals surface area contributed by atoms with Crippen LogP contribution < -0.4 is 5.32 Å².